The Labute approximate surface area is 202 Å². The minimum Gasteiger partial charge on any atom is -0.465 e. The highest BCUT2D eigenvalue weighted by Crippen LogP contribution is 2.37. The first kappa shape index (κ1) is 22.4. The molecule has 1 fully saturated rings. The third kappa shape index (κ3) is 4.65. The molecule has 9 nitrogen and oxygen atoms in total. The Morgan fingerprint density at radius 3 is 2.86 bits per heavy atom. The van der Waals surface area contributed by atoms with Crippen molar-refractivity contribution in [3.8, 4) is 22.9 Å². The molecular weight excluding hydrogens is 444 g/mol. The smallest absolute Gasteiger partial charge is 0.407 e. The number of aromatic nitrogens is 3. The van der Waals surface area contributed by atoms with Crippen molar-refractivity contribution in [3.05, 3.63) is 66.5 Å². The zero-order valence-corrected chi connectivity index (χ0v) is 19.3. The topological polar surface area (TPSA) is 126 Å². The number of hydrogen-bond donors (Lipinski definition) is 3. The Bertz CT molecular complexity index is 1390. The summed E-state index contributed by atoms with van der Waals surface area (Å²) in [6.07, 6.45) is 4.08. The quantitative estimate of drug-likeness (QED) is 0.351. The van der Waals surface area contributed by atoms with Crippen molar-refractivity contribution < 1.29 is 14.6 Å². The molecule has 5 rings (SSSR count). The number of rotatable bonds is 5. The average Bonchev–Trinajstić information content (AvgIpc) is 2.86. The largest absolute Gasteiger partial charge is 0.465 e. The van der Waals surface area contributed by atoms with E-state index in [1.807, 2.05) is 49.4 Å². The minimum absolute atomic E-state index is 0.0523. The van der Waals surface area contributed by atoms with E-state index in [4.69, 9.17) is 10.5 Å². The number of nitrogens with two attached hydrogens (primary N) is 1. The lowest BCUT2D eigenvalue weighted by atomic mass is 10.0. The van der Waals surface area contributed by atoms with Crippen LogP contribution in [0.1, 0.15) is 18.4 Å². The summed E-state index contributed by atoms with van der Waals surface area (Å²) < 4.78 is 6.37. The summed E-state index contributed by atoms with van der Waals surface area (Å²) in [5.41, 5.74) is 9.19. The number of piperidine rings is 1. The van der Waals surface area contributed by atoms with Gasteiger partial charge in [-0.2, -0.15) is 0 Å². The fourth-order valence-corrected chi connectivity index (χ4v) is 4.39. The zero-order valence-electron chi connectivity index (χ0n) is 19.3. The summed E-state index contributed by atoms with van der Waals surface area (Å²) >= 11 is 0. The molecule has 1 saturated heterocycles. The van der Waals surface area contributed by atoms with Crippen LogP contribution < -0.4 is 15.8 Å². The Hall–Kier alpha value is -4.40. The fraction of sp³-hybridized carbons (Fsp3) is 0.231. The van der Waals surface area contributed by atoms with E-state index in [9.17, 15) is 9.90 Å². The number of likely N-dealkylation sites (tertiary alicyclic amines) is 1. The zero-order chi connectivity index (χ0) is 24.4. The molecule has 1 aliphatic heterocycles. The lowest BCUT2D eigenvalue weighted by Gasteiger charge is -2.31. The maximum Gasteiger partial charge on any atom is 0.407 e. The van der Waals surface area contributed by atoms with Crippen LogP contribution in [-0.2, 0) is 0 Å². The van der Waals surface area contributed by atoms with Gasteiger partial charge in [0.05, 0.1) is 11.3 Å². The SMILES string of the molecule is Cc1ccc2c(N)cccc2c1Oc1ncccc1-c1ccnc(N[C@H]2CCCN(C(=O)O)C2)n1. The van der Waals surface area contributed by atoms with Gasteiger partial charge in [0.1, 0.15) is 5.75 Å². The van der Waals surface area contributed by atoms with Gasteiger partial charge >= 0.3 is 6.09 Å². The van der Waals surface area contributed by atoms with Crippen LogP contribution in [-0.4, -0.2) is 50.2 Å². The van der Waals surface area contributed by atoms with Crippen LogP contribution in [0.3, 0.4) is 0 Å². The summed E-state index contributed by atoms with van der Waals surface area (Å²) in [6.45, 7) is 2.93. The van der Waals surface area contributed by atoms with E-state index in [-0.39, 0.29) is 6.04 Å². The number of nitrogen functional groups attached to an aromatic ring is 1. The Morgan fingerprint density at radius 1 is 1.11 bits per heavy atom. The van der Waals surface area contributed by atoms with Crippen molar-refractivity contribution in [1.82, 2.24) is 19.9 Å². The number of anilines is 2. The van der Waals surface area contributed by atoms with E-state index in [1.54, 1.807) is 18.5 Å². The molecule has 0 unspecified atom stereocenters. The molecule has 0 radical (unpaired) electrons. The van der Waals surface area contributed by atoms with Crippen molar-refractivity contribution in [3.63, 3.8) is 0 Å². The van der Waals surface area contributed by atoms with Gasteiger partial charge in [0.15, 0.2) is 0 Å². The van der Waals surface area contributed by atoms with Crippen LogP contribution in [0.15, 0.2) is 60.9 Å². The number of nitrogens with zero attached hydrogens (tertiary/aromatic N) is 4. The first-order valence-electron chi connectivity index (χ1n) is 11.5. The molecule has 4 aromatic rings. The van der Waals surface area contributed by atoms with Crippen molar-refractivity contribution >= 4 is 28.5 Å². The summed E-state index contributed by atoms with van der Waals surface area (Å²) in [5, 5.41) is 14.4. The molecule has 1 aliphatic rings. The van der Waals surface area contributed by atoms with E-state index >= 15 is 0 Å². The molecule has 178 valence electrons. The molecule has 0 aliphatic carbocycles. The van der Waals surface area contributed by atoms with Crippen molar-refractivity contribution in [2.75, 3.05) is 24.1 Å². The molecule has 2 aromatic heterocycles. The second-order valence-corrected chi connectivity index (χ2v) is 8.59. The van der Waals surface area contributed by atoms with E-state index in [0.29, 0.717) is 47.6 Å². The second kappa shape index (κ2) is 9.46. The molecule has 9 heteroatoms. The van der Waals surface area contributed by atoms with Crippen molar-refractivity contribution in [1.29, 1.82) is 0 Å². The van der Waals surface area contributed by atoms with Gasteiger partial charge in [0.2, 0.25) is 11.8 Å². The number of nitrogens with one attached hydrogen (secondary N) is 1. The number of amides is 1. The van der Waals surface area contributed by atoms with Gasteiger partial charge in [-0.25, -0.2) is 19.7 Å². The molecule has 0 spiro atoms. The molecule has 1 amide bonds. The van der Waals surface area contributed by atoms with Crippen molar-refractivity contribution in [2.45, 2.75) is 25.8 Å². The van der Waals surface area contributed by atoms with Gasteiger partial charge in [-0.1, -0.05) is 24.3 Å². The third-order valence-electron chi connectivity index (χ3n) is 6.17. The normalized spacial score (nSPS) is 15.7. The monoisotopic (exact) mass is 470 g/mol. The van der Waals surface area contributed by atoms with Crippen LogP contribution in [0.4, 0.5) is 16.4 Å². The lowest BCUT2D eigenvalue weighted by molar-refractivity contribution is 0.132. The Balaban J connectivity index is 1.45. The van der Waals surface area contributed by atoms with E-state index in [2.05, 4.69) is 20.3 Å². The van der Waals surface area contributed by atoms with Crippen LogP contribution >= 0.6 is 0 Å². The summed E-state index contributed by atoms with van der Waals surface area (Å²) in [6, 6.07) is 15.2. The first-order valence-corrected chi connectivity index (χ1v) is 11.5. The number of hydrogen-bond acceptors (Lipinski definition) is 7. The second-order valence-electron chi connectivity index (χ2n) is 8.59. The standard InChI is InChI=1S/C26H26N6O3/c1-16-9-10-18-19(6-2-8-21(18)27)23(16)35-24-20(7-3-12-28-24)22-11-13-29-25(31-22)30-17-5-4-14-32(15-17)26(33)34/h2-3,6-13,17H,4-5,14-15,27H2,1H3,(H,33,34)(H,29,30,31)/t17-/m0/s1. The number of benzene rings is 2. The van der Waals surface area contributed by atoms with Crippen LogP contribution in [0, 0.1) is 6.92 Å². The highest BCUT2D eigenvalue weighted by atomic mass is 16.5. The molecular formula is C26H26N6O3. The molecule has 0 saturated carbocycles. The van der Waals surface area contributed by atoms with Crippen LogP contribution in [0.2, 0.25) is 0 Å². The Morgan fingerprint density at radius 2 is 2.00 bits per heavy atom. The molecule has 3 heterocycles. The molecule has 4 N–H and O–H groups in total. The predicted octanol–water partition coefficient (Wildman–Crippen LogP) is 4.93. The fourth-order valence-electron chi connectivity index (χ4n) is 4.39. The number of fused-ring (bicyclic) bond motifs is 1. The van der Waals surface area contributed by atoms with Gasteiger partial charge < -0.3 is 25.8 Å². The van der Waals surface area contributed by atoms with E-state index in [1.165, 1.54) is 4.90 Å². The highest BCUT2D eigenvalue weighted by Gasteiger charge is 2.24. The number of pyridine rings is 1. The molecule has 2 aromatic carbocycles. The van der Waals surface area contributed by atoms with Crippen molar-refractivity contribution in [2.24, 2.45) is 0 Å². The first-order chi connectivity index (χ1) is 17.0. The summed E-state index contributed by atoms with van der Waals surface area (Å²) in [4.78, 5) is 26.3. The van der Waals surface area contributed by atoms with E-state index < -0.39 is 6.09 Å². The van der Waals surface area contributed by atoms with Gasteiger partial charge in [-0.15, -0.1) is 0 Å². The maximum absolute atomic E-state index is 11.3. The van der Waals surface area contributed by atoms with Gasteiger partial charge in [0, 0.05) is 48.0 Å². The maximum atomic E-state index is 11.3. The third-order valence-corrected chi connectivity index (χ3v) is 6.17. The van der Waals surface area contributed by atoms with Gasteiger partial charge in [-0.05, 0) is 49.6 Å². The Kier molecular flexibility index (Phi) is 6.05. The molecule has 35 heavy (non-hydrogen) atoms. The van der Waals surface area contributed by atoms with Crippen LogP contribution in [0.25, 0.3) is 22.0 Å². The van der Waals surface area contributed by atoms with Gasteiger partial charge in [-0.3, -0.25) is 0 Å². The average molecular weight is 471 g/mol. The minimum atomic E-state index is -0.909. The lowest BCUT2D eigenvalue weighted by Crippen LogP contribution is -2.44. The number of carbonyl (C=O) groups is 1. The van der Waals surface area contributed by atoms with Crippen LogP contribution in [0.5, 0.6) is 11.6 Å². The summed E-state index contributed by atoms with van der Waals surface area (Å²) in [7, 11) is 0. The number of aryl methyl sites for hydroxylation is 1. The predicted molar refractivity (Wildman–Crippen MR) is 135 cm³/mol. The highest BCUT2D eigenvalue weighted by molar-refractivity contribution is 5.97. The molecule has 1 atom stereocenters. The summed E-state index contributed by atoms with van der Waals surface area (Å²) in [5.74, 6) is 1.55. The number of ether oxygens (including phenoxy) is 1. The number of carboxylic acid groups (broad SMARTS) is 1. The molecule has 0 bridgehead atoms. The van der Waals surface area contributed by atoms with E-state index in [0.717, 1.165) is 29.2 Å². The van der Waals surface area contributed by atoms with Gasteiger partial charge in [0.25, 0.3) is 0 Å².